The Morgan fingerprint density at radius 1 is 1.39 bits per heavy atom. The maximum atomic E-state index is 12.3. The van der Waals surface area contributed by atoms with Crippen LogP contribution in [0, 0.1) is 0 Å². The minimum absolute atomic E-state index is 0.0890. The predicted molar refractivity (Wildman–Crippen MR) is 67.9 cm³/mol. The lowest BCUT2D eigenvalue weighted by Crippen LogP contribution is -2.20. The average Bonchev–Trinajstić information content (AvgIpc) is 2.91. The quantitative estimate of drug-likeness (QED) is 0.789. The molecular formula is C13H15ClO4. The number of Topliss-reactive ketones (excluding diaryl/α,β-unsaturated/α-hetero) is 1. The van der Waals surface area contributed by atoms with Gasteiger partial charge in [0.15, 0.2) is 11.5 Å². The van der Waals surface area contributed by atoms with Crippen molar-refractivity contribution in [3.8, 4) is 11.5 Å². The fraction of sp³-hybridized carbons (Fsp3) is 0.462. The van der Waals surface area contributed by atoms with Crippen molar-refractivity contribution in [2.24, 2.45) is 0 Å². The van der Waals surface area contributed by atoms with Crippen molar-refractivity contribution in [3.05, 3.63) is 22.7 Å². The van der Waals surface area contributed by atoms with Crippen molar-refractivity contribution in [1.29, 1.82) is 0 Å². The van der Waals surface area contributed by atoms with E-state index in [4.69, 9.17) is 25.8 Å². The molecule has 1 fully saturated rings. The van der Waals surface area contributed by atoms with E-state index in [1.165, 1.54) is 14.2 Å². The van der Waals surface area contributed by atoms with Gasteiger partial charge in [0.25, 0.3) is 0 Å². The minimum atomic E-state index is -0.386. The summed E-state index contributed by atoms with van der Waals surface area (Å²) in [6.07, 6.45) is 1.26. The van der Waals surface area contributed by atoms with E-state index in [-0.39, 0.29) is 11.9 Å². The molecule has 2 rings (SSSR count). The van der Waals surface area contributed by atoms with Crippen molar-refractivity contribution >= 4 is 17.4 Å². The Balaban J connectivity index is 2.37. The van der Waals surface area contributed by atoms with Crippen molar-refractivity contribution in [3.63, 3.8) is 0 Å². The Morgan fingerprint density at radius 3 is 2.72 bits per heavy atom. The summed E-state index contributed by atoms with van der Waals surface area (Å²) in [6.45, 7) is 0.628. The third-order valence-corrected chi connectivity index (χ3v) is 3.33. The molecule has 1 atom stereocenters. The summed E-state index contributed by atoms with van der Waals surface area (Å²) in [7, 11) is 3.00. The van der Waals surface area contributed by atoms with E-state index < -0.39 is 0 Å². The van der Waals surface area contributed by atoms with Crippen LogP contribution >= 0.6 is 11.6 Å². The molecule has 1 aliphatic rings. The van der Waals surface area contributed by atoms with Gasteiger partial charge in [-0.05, 0) is 25.0 Å². The zero-order chi connectivity index (χ0) is 13.1. The van der Waals surface area contributed by atoms with Gasteiger partial charge in [-0.25, -0.2) is 0 Å². The number of carbonyl (C=O) groups is 1. The molecule has 1 unspecified atom stereocenters. The van der Waals surface area contributed by atoms with Crippen LogP contribution in [0.3, 0.4) is 0 Å². The Bertz CT molecular complexity index is 453. The van der Waals surface area contributed by atoms with Crippen molar-refractivity contribution in [2.45, 2.75) is 18.9 Å². The molecule has 1 aromatic carbocycles. The topological polar surface area (TPSA) is 44.8 Å². The van der Waals surface area contributed by atoms with Gasteiger partial charge in [0.1, 0.15) is 16.9 Å². The Morgan fingerprint density at radius 2 is 2.17 bits per heavy atom. The number of methoxy groups -OCH3 is 2. The van der Waals surface area contributed by atoms with Gasteiger partial charge in [0, 0.05) is 6.61 Å². The zero-order valence-corrected chi connectivity index (χ0v) is 11.1. The number of hydrogen-bond donors (Lipinski definition) is 0. The SMILES string of the molecule is COc1ccc(C(=O)C2CCCO2)c(OC)c1Cl. The smallest absolute Gasteiger partial charge is 0.195 e. The van der Waals surface area contributed by atoms with Gasteiger partial charge in [0.2, 0.25) is 0 Å². The van der Waals surface area contributed by atoms with Gasteiger partial charge in [0.05, 0.1) is 19.8 Å². The maximum Gasteiger partial charge on any atom is 0.195 e. The van der Waals surface area contributed by atoms with Gasteiger partial charge in [-0.3, -0.25) is 4.79 Å². The molecule has 0 bridgehead atoms. The number of halogens is 1. The highest BCUT2D eigenvalue weighted by molar-refractivity contribution is 6.34. The van der Waals surface area contributed by atoms with Crippen LogP contribution in [0.15, 0.2) is 12.1 Å². The molecule has 0 saturated carbocycles. The number of hydrogen-bond acceptors (Lipinski definition) is 4. The molecule has 4 nitrogen and oxygen atoms in total. The van der Waals surface area contributed by atoms with E-state index in [1.807, 2.05) is 0 Å². The lowest BCUT2D eigenvalue weighted by Gasteiger charge is -2.14. The van der Waals surface area contributed by atoms with Gasteiger partial charge in [-0.2, -0.15) is 0 Å². The highest BCUT2D eigenvalue weighted by Gasteiger charge is 2.28. The molecule has 0 amide bonds. The van der Waals surface area contributed by atoms with Crippen LogP contribution in [0.2, 0.25) is 5.02 Å². The van der Waals surface area contributed by atoms with Crippen LogP contribution in [0.25, 0.3) is 0 Å². The standard InChI is InChI=1S/C13H15ClO4/c1-16-9-6-5-8(13(17-2)11(9)14)12(15)10-4-3-7-18-10/h5-6,10H,3-4,7H2,1-2H3. The molecule has 1 aliphatic heterocycles. The lowest BCUT2D eigenvalue weighted by molar-refractivity contribution is 0.0640. The van der Waals surface area contributed by atoms with Crippen molar-refractivity contribution in [1.82, 2.24) is 0 Å². The third kappa shape index (κ3) is 2.31. The molecular weight excluding hydrogens is 256 g/mol. The van der Waals surface area contributed by atoms with Crippen LogP contribution in [0.4, 0.5) is 0 Å². The second-order valence-corrected chi connectivity index (χ2v) is 4.41. The molecule has 1 saturated heterocycles. The van der Waals surface area contributed by atoms with Gasteiger partial charge in [-0.15, -0.1) is 0 Å². The maximum absolute atomic E-state index is 12.3. The largest absolute Gasteiger partial charge is 0.495 e. The highest BCUT2D eigenvalue weighted by atomic mass is 35.5. The van der Waals surface area contributed by atoms with Crippen LogP contribution in [0.1, 0.15) is 23.2 Å². The molecule has 0 aliphatic carbocycles. The monoisotopic (exact) mass is 270 g/mol. The first-order valence-corrected chi connectivity index (χ1v) is 6.13. The zero-order valence-electron chi connectivity index (χ0n) is 10.4. The molecule has 5 heteroatoms. The Labute approximate surface area is 111 Å². The fourth-order valence-electron chi connectivity index (χ4n) is 2.05. The summed E-state index contributed by atoms with van der Waals surface area (Å²) in [5, 5.41) is 0.309. The Kier molecular flexibility index (Phi) is 4.09. The number of carbonyl (C=O) groups excluding carboxylic acids is 1. The summed E-state index contributed by atoms with van der Waals surface area (Å²) in [5.74, 6) is 0.739. The molecule has 1 aromatic rings. The molecule has 0 aromatic heterocycles. The van der Waals surface area contributed by atoms with E-state index in [1.54, 1.807) is 12.1 Å². The molecule has 1 heterocycles. The number of rotatable bonds is 4. The van der Waals surface area contributed by atoms with Crippen LogP contribution in [-0.2, 0) is 4.74 Å². The second-order valence-electron chi connectivity index (χ2n) is 4.03. The average molecular weight is 271 g/mol. The summed E-state index contributed by atoms with van der Waals surface area (Å²) < 4.78 is 15.7. The summed E-state index contributed by atoms with van der Waals surface area (Å²) in [6, 6.07) is 3.32. The lowest BCUT2D eigenvalue weighted by atomic mass is 10.0. The van der Waals surface area contributed by atoms with Crippen molar-refractivity contribution in [2.75, 3.05) is 20.8 Å². The van der Waals surface area contributed by atoms with Crippen LogP contribution in [-0.4, -0.2) is 32.7 Å². The van der Waals surface area contributed by atoms with E-state index in [0.717, 1.165) is 12.8 Å². The van der Waals surface area contributed by atoms with E-state index in [2.05, 4.69) is 0 Å². The van der Waals surface area contributed by atoms with Crippen LogP contribution in [0.5, 0.6) is 11.5 Å². The second kappa shape index (κ2) is 5.59. The van der Waals surface area contributed by atoms with Crippen molar-refractivity contribution < 1.29 is 19.0 Å². The molecule has 98 valence electrons. The molecule has 0 spiro atoms. The number of ether oxygens (including phenoxy) is 3. The summed E-state index contributed by atoms with van der Waals surface area (Å²) in [5.41, 5.74) is 0.440. The first kappa shape index (κ1) is 13.2. The van der Waals surface area contributed by atoms with Gasteiger partial charge >= 0.3 is 0 Å². The third-order valence-electron chi connectivity index (χ3n) is 2.97. The molecule has 0 radical (unpaired) electrons. The number of benzene rings is 1. The van der Waals surface area contributed by atoms with Crippen LogP contribution < -0.4 is 9.47 Å². The highest BCUT2D eigenvalue weighted by Crippen LogP contribution is 2.38. The fourth-order valence-corrected chi connectivity index (χ4v) is 2.37. The minimum Gasteiger partial charge on any atom is -0.495 e. The molecule has 0 N–H and O–H groups in total. The van der Waals surface area contributed by atoms with Gasteiger partial charge < -0.3 is 14.2 Å². The summed E-state index contributed by atoms with van der Waals surface area (Å²) >= 11 is 6.12. The molecule has 18 heavy (non-hydrogen) atoms. The van der Waals surface area contributed by atoms with E-state index in [9.17, 15) is 4.79 Å². The van der Waals surface area contributed by atoms with E-state index in [0.29, 0.717) is 28.7 Å². The predicted octanol–water partition coefficient (Wildman–Crippen LogP) is 2.72. The first-order valence-electron chi connectivity index (χ1n) is 5.75. The number of ketones is 1. The Hall–Kier alpha value is -1.26. The van der Waals surface area contributed by atoms with Gasteiger partial charge in [-0.1, -0.05) is 11.6 Å². The van der Waals surface area contributed by atoms with E-state index >= 15 is 0 Å². The normalized spacial score (nSPS) is 18.7. The first-order chi connectivity index (χ1) is 8.69. The summed E-state index contributed by atoms with van der Waals surface area (Å²) in [4.78, 5) is 12.3.